The lowest BCUT2D eigenvalue weighted by atomic mass is 9.89. The molecular weight excluding hydrogens is 408 g/mol. The fourth-order valence-electron chi connectivity index (χ4n) is 5.01. The van der Waals surface area contributed by atoms with Gasteiger partial charge in [-0.25, -0.2) is 13.6 Å². The van der Waals surface area contributed by atoms with E-state index in [2.05, 4.69) is 36.6 Å². The van der Waals surface area contributed by atoms with Crippen LogP contribution in [0, 0.1) is 12.8 Å². The van der Waals surface area contributed by atoms with E-state index in [1.54, 1.807) is 13.2 Å². The minimum atomic E-state index is -3.79. The number of hydrogen-bond donors (Lipinski definition) is 1. The first-order chi connectivity index (χ1) is 14.6. The molecule has 2 N–H and O–H groups in total. The standard InChI is InChI=1S/C25H36N2O3S/c1-17-24(31(26,28)29)15-23(27(17)16-19-8-6-5-7-9-19)21-12-20(18(2)30-4)13-22(14-21)25(3)10-11-25/h12-15,18-19H,5-11,16H2,1-4H3,(H2,26,28,29). The zero-order valence-electron chi connectivity index (χ0n) is 19.3. The number of nitrogens with two attached hydrogens (primary N) is 1. The summed E-state index contributed by atoms with van der Waals surface area (Å²) in [4.78, 5) is 0.239. The third-order valence-corrected chi connectivity index (χ3v) is 8.59. The van der Waals surface area contributed by atoms with Crippen LogP contribution in [0.5, 0.6) is 0 Å². The Morgan fingerprint density at radius 3 is 2.42 bits per heavy atom. The van der Waals surface area contributed by atoms with Crippen LogP contribution in [0.3, 0.4) is 0 Å². The summed E-state index contributed by atoms with van der Waals surface area (Å²) in [7, 11) is -2.06. The van der Waals surface area contributed by atoms with Gasteiger partial charge in [0.05, 0.1) is 6.10 Å². The quantitative estimate of drug-likeness (QED) is 0.617. The highest BCUT2D eigenvalue weighted by Gasteiger charge is 2.39. The van der Waals surface area contributed by atoms with Crippen LogP contribution in [-0.4, -0.2) is 20.1 Å². The summed E-state index contributed by atoms with van der Waals surface area (Å²) in [5.41, 5.74) is 5.39. The van der Waals surface area contributed by atoms with Crippen LogP contribution in [-0.2, 0) is 26.7 Å². The second-order valence-corrected chi connectivity index (χ2v) is 11.5. The monoisotopic (exact) mass is 444 g/mol. The highest BCUT2D eigenvalue weighted by atomic mass is 32.2. The van der Waals surface area contributed by atoms with Crippen LogP contribution in [0.15, 0.2) is 29.2 Å². The van der Waals surface area contributed by atoms with Gasteiger partial charge in [0.2, 0.25) is 10.0 Å². The number of hydrogen-bond acceptors (Lipinski definition) is 3. The van der Waals surface area contributed by atoms with E-state index in [1.807, 2.05) is 6.92 Å². The third-order valence-electron chi connectivity index (χ3n) is 7.56. The summed E-state index contributed by atoms with van der Waals surface area (Å²) in [5, 5.41) is 5.60. The number of nitrogens with zero attached hydrogens (tertiary/aromatic N) is 1. The number of sulfonamides is 1. The molecule has 0 bridgehead atoms. The van der Waals surface area contributed by atoms with Gasteiger partial charge in [-0.3, -0.25) is 0 Å². The molecule has 1 unspecified atom stereocenters. The van der Waals surface area contributed by atoms with Gasteiger partial charge in [0.15, 0.2) is 0 Å². The molecule has 1 heterocycles. The summed E-state index contributed by atoms with van der Waals surface area (Å²) in [6, 6.07) is 8.44. The predicted molar refractivity (Wildman–Crippen MR) is 125 cm³/mol. The zero-order chi connectivity index (χ0) is 22.4. The molecule has 0 saturated heterocycles. The van der Waals surface area contributed by atoms with Crippen molar-refractivity contribution < 1.29 is 13.2 Å². The molecule has 1 atom stereocenters. The van der Waals surface area contributed by atoms with Gasteiger partial charge in [-0.2, -0.15) is 0 Å². The van der Waals surface area contributed by atoms with Gasteiger partial charge in [0.25, 0.3) is 0 Å². The van der Waals surface area contributed by atoms with E-state index in [0.29, 0.717) is 5.92 Å². The minimum absolute atomic E-state index is 0.0263. The maximum Gasteiger partial charge on any atom is 0.239 e. The maximum atomic E-state index is 12.3. The Hall–Kier alpha value is -1.63. The predicted octanol–water partition coefficient (Wildman–Crippen LogP) is 5.45. The van der Waals surface area contributed by atoms with E-state index in [4.69, 9.17) is 9.88 Å². The lowest BCUT2D eigenvalue weighted by Crippen LogP contribution is -2.17. The first-order valence-corrected chi connectivity index (χ1v) is 13.1. The van der Waals surface area contributed by atoms with Crippen molar-refractivity contribution in [2.75, 3.05) is 7.11 Å². The molecule has 2 aromatic rings. The van der Waals surface area contributed by atoms with Crippen molar-refractivity contribution in [3.8, 4) is 11.3 Å². The lowest BCUT2D eigenvalue weighted by molar-refractivity contribution is 0.119. The van der Waals surface area contributed by atoms with Crippen LogP contribution in [0.4, 0.5) is 0 Å². The van der Waals surface area contributed by atoms with Crippen LogP contribution < -0.4 is 5.14 Å². The molecule has 2 aliphatic carbocycles. The van der Waals surface area contributed by atoms with Gasteiger partial charge in [0.1, 0.15) is 4.90 Å². The molecular formula is C25H36N2O3S. The van der Waals surface area contributed by atoms with Crippen molar-refractivity contribution in [3.05, 3.63) is 41.1 Å². The summed E-state index contributed by atoms with van der Waals surface area (Å²) in [5.74, 6) is 0.577. The molecule has 4 rings (SSSR count). The fourth-order valence-corrected chi connectivity index (χ4v) is 5.80. The highest BCUT2D eigenvalue weighted by Crippen LogP contribution is 2.49. The molecule has 2 aliphatic rings. The van der Waals surface area contributed by atoms with E-state index in [1.165, 1.54) is 50.5 Å². The molecule has 0 aliphatic heterocycles. The summed E-state index contributed by atoms with van der Waals surface area (Å²) in [6.45, 7) is 7.08. The van der Waals surface area contributed by atoms with Crippen molar-refractivity contribution in [2.45, 2.75) is 88.7 Å². The molecule has 2 saturated carbocycles. The number of aromatic nitrogens is 1. The molecule has 31 heavy (non-hydrogen) atoms. The lowest BCUT2D eigenvalue weighted by Gasteiger charge is -2.25. The number of benzene rings is 1. The Balaban J connectivity index is 1.86. The van der Waals surface area contributed by atoms with E-state index in [-0.39, 0.29) is 16.4 Å². The fraction of sp³-hybridized carbons (Fsp3) is 0.600. The SMILES string of the molecule is COC(C)c1cc(-c2cc(S(N)(=O)=O)c(C)n2CC2CCCCC2)cc(C2(C)CC2)c1. The van der Waals surface area contributed by atoms with E-state index < -0.39 is 10.0 Å². The Kier molecular flexibility index (Phi) is 6.10. The van der Waals surface area contributed by atoms with Gasteiger partial charge in [-0.05, 0) is 85.8 Å². The number of ether oxygens (including phenoxy) is 1. The molecule has 2 fully saturated rings. The van der Waals surface area contributed by atoms with Crippen molar-refractivity contribution in [2.24, 2.45) is 11.1 Å². The normalized spacial score (nSPS) is 20.0. The highest BCUT2D eigenvalue weighted by molar-refractivity contribution is 7.89. The Bertz CT molecular complexity index is 1060. The molecule has 1 aromatic carbocycles. The van der Waals surface area contributed by atoms with Gasteiger partial charge in [-0.15, -0.1) is 0 Å². The van der Waals surface area contributed by atoms with Crippen molar-refractivity contribution >= 4 is 10.0 Å². The smallest absolute Gasteiger partial charge is 0.239 e. The van der Waals surface area contributed by atoms with Gasteiger partial charge in [-0.1, -0.05) is 32.3 Å². The first kappa shape index (κ1) is 22.6. The van der Waals surface area contributed by atoms with Crippen LogP contribution in [0.25, 0.3) is 11.3 Å². The van der Waals surface area contributed by atoms with Crippen LogP contribution >= 0.6 is 0 Å². The van der Waals surface area contributed by atoms with Crippen molar-refractivity contribution in [1.29, 1.82) is 0 Å². The average molecular weight is 445 g/mol. The van der Waals surface area contributed by atoms with E-state index >= 15 is 0 Å². The second-order valence-electron chi connectivity index (χ2n) is 9.92. The van der Waals surface area contributed by atoms with Crippen molar-refractivity contribution in [1.82, 2.24) is 4.57 Å². The second kappa shape index (κ2) is 8.38. The minimum Gasteiger partial charge on any atom is -0.377 e. The maximum absolute atomic E-state index is 12.3. The molecule has 6 heteroatoms. The number of rotatable bonds is 7. The Labute approximate surface area is 187 Å². The third kappa shape index (κ3) is 4.62. The van der Waals surface area contributed by atoms with Crippen LogP contribution in [0.1, 0.15) is 81.7 Å². The summed E-state index contributed by atoms with van der Waals surface area (Å²) in [6.07, 6.45) is 8.55. The van der Waals surface area contributed by atoms with E-state index in [0.717, 1.165) is 29.1 Å². The topological polar surface area (TPSA) is 74.3 Å². The molecule has 0 radical (unpaired) electrons. The van der Waals surface area contributed by atoms with Gasteiger partial charge >= 0.3 is 0 Å². The summed E-state index contributed by atoms with van der Waals surface area (Å²) < 4.78 is 32.5. The molecule has 5 nitrogen and oxygen atoms in total. The summed E-state index contributed by atoms with van der Waals surface area (Å²) >= 11 is 0. The first-order valence-electron chi connectivity index (χ1n) is 11.5. The number of methoxy groups -OCH3 is 1. The Morgan fingerprint density at radius 2 is 1.84 bits per heavy atom. The van der Waals surface area contributed by atoms with E-state index in [9.17, 15) is 8.42 Å². The molecule has 1 aromatic heterocycles. The van der Waals surface area contributed by atoms with Crippen LogP contribution in [0.2, 0.25) is 0 Å². The molecule has 170 valence electrons. The molecule has 0 amide bonds. The average Bonchev–Trinajstić information content (AvgIpc) is 3.41. The Morgan fingerprint density at radius 1 is 1.16 bits per heavy atom. The zero-order valence-corrected chi connectivity index (χ0v) is 20.1. The van der Waals surface area contributed by atoms with Gasteiger partial charge < -0.3 is 9.30 Å². The largest absolute Gasteiger partial charge is 0.377 e. The van der Waals surface area contributed by atoms with Crippen molar-refractivity contribution in [3.63, 3.8) is 0 Å². The number of primary sulfonamides is 1. The molecule has 0 spiro atoms. The van der Waals surface area contributed by atoms with Gasteiger partial charge in [0, 0.05) is 25.0 Å².